The number of carboxylic acid groups (broad SMARTS) is 1. The van der Waals surface area contributed by atoms with Gasteiger partial charge in [0.25, 0.3) is 0 Å². The van der Waals surface area contributed by atoms with Crippen molar-refractivity contribution in [1.82, 2.24) is 10.6 Å². The quantitative estimate of drug-likeness (QED) is 0.0851. The first kappa shape index (κ1) is 46.2. The number of aromatic hydroxyl groups is 1. The minimum absolute atomic E-state index is 0.00353. The summed E-state index contributed by atoms with van der Waals surface area (Å²) in [6.07, 6.45) is 9.23. The van der Waals surface area contributed by atoms with E-state index in [0.29, 0.717) is 38.5 Å². The standard InChI is InChI=1S/C47H68N2O8/c1-4-5-18-43(53)44(54)27-24-36-23-22-35-13-7-6-12-34(35)14-9-19-45(47(3,57)30-33-20-25-38(51)26-21-33)49-42(40(36)29-39(52)31-50)17-10-16-41-37(28-46(55)56)15-8-11-32(2)48-41/h6-7,12-13,20-21,24-27,32,37,39,41-45,48-54,57H,4-5,8,10-11,15-19,22-23,28-31H2,1-3H3,(H,55,56)/b27-24+,40-36+/t32-,37-,39-,41+,42-,43-,44+,45+,47-/m0/s1. The Labute approximate surface area is 340 Å². The van der Waals surface area contributed by atoms with E-state index in [4.69, 9.17) is 0 Å². The summed E-state index contributed by atoms with van der Waals surface area (Å²) in [6, 6.07) is 14.0. The van der Waals surface area contributed by atoms with E-state index in [1.54, 1.807) is 37.3 Å². The van der Waals surface area contributed by atoms with Crippen LogP contribution in [0.5, 0.6) is 5.75 Å². The van der Waals surface area contributed by atoms with Crippen LogP contribution in [0.1, 0.15) is 121 Å². The number of allylic oxidation sites excluding steroid dienone is 2. The Hall–Kier alpha value is -3.53. The molecule has 2 aliphatic rings. The van der Waals surface area contributed by atoms with Crippen LogP contribution < -0.4 is 10.6 Å². The van der Waals surface area contributed by atoms with Crippen LogP contribution in [0.15, 0.2) is 71.8 Å². The van der Waals surface area contributed by atoms with Crippen LogP contribution in [0.25, 0.3) is 0 Å². The Morgan fingerprint density at radius 2 is 1.77 bits per heavy atom. The molecule has 10 nitrogen and oxygen atoms in total. The Bertz CT molecular complexity index is 1660. The van der Waals surface area contributed by atoms with Crippen LogP contribution in [-0.2, 0) is 17.6 Å². The molecule has 0 radical (unpaired) electrons. The van der Waals surface area contributed by atoms with Gasteiger partial charge < -0.3 is 46.4 Å². The molecule has 2 aromatic carbocycles. The number of fused-ring (bicyclic) bond motifs is 1. The van der Waals surface area contributed by atoms with Crippen LogP contribution in [0.4, 0.5) is 0 Å². The molecule has 0 aromatic heterocycles. The van der Waals surface area contributed by atoms with Crippen LogP contribution >= 0.6 is 0 Å². The highest BCUT2D eigenvalue weighted by atomic mass is 16.4. The topological polar surface area (TPSA) is 183 Å². The van der Waals surface area contributed by atoms with Crippen molar-refractivity contribution >= 4 is 5.97 Å². The van der Waals surface area contributed by atoms with Crippen molar-refractivity contribution in [3.05, 3.63) is 88.5 Å². The maximum Gasteiger partial charge on any atom is 0.303 e. The third-order valence-electron chi connectivity index (χ3n) is 11.8. The zero-order chi connectivity index (χ0) is 41.4. The molecular weight excluding hydrogens is 721 g/mol. The lowest BCUT2D eigenvalue weighted by molar-refractivity contribution is -0.138. The van der Waals surface area contributed by atoms with Gasteiger partial charge in [0.05, 0.1) is 30.5 Å². The van der Waals surface area contributed by atoms with Gasteiger partial charge in [0.2, 0.25) is 0 Å². The smallest absolute Gasteiger partial charge is 0.303 e. The second-order valence-corrected chi connectivity index (χ2v) is 16.7. The monoisotopic (exact) mass is 788 g/mol. The Kier molecular flexibility index (Phi) is 18.8. The average Bonchev–Trinajstić information content (AvgIpc) is 3.35. The fraction of sp³-hybridized carbons (Fsp3) is 0.596. The van der Waals surface area contributed by atoms with Crippen molar-refractivity contribution in [1.29, 1.82) is 0 Å². The minimum atomic E-state index is -1.32. The summed E-state index contributed by atoms with van der Waals surface area (Å²) in [5.74, 6) is 6.06. The molecule has 2 aromatic rings. The molecule has 10 heteroatoms. The number of aliphatic hydroxyl groups excluding tert-OH is 4. The van der Waals surface area contributed by atoms with Gasteiger partial charge in [-0.15, -0.1) is 0 Å². The lowest BCUT2D eigenvalue weighted by Crippen LogP contribution is -2.54. The number of hydrogen-bond acceptors (Lipinski definition) is 9. The van der Waals surface area contributed by atoms with E-state index in [9.17, 15) is 40.5 Å². The van der Waals surface area contributed by atoms with Crippen molar-refractivity contribution in [2.45, 2.75) is 165 Å². The number of nitrogens with one attached hydrogen (secondary N) is 2. The van der Waals surface area contributed by atoms with Crippen LogP contribution in [0, 0.1) is 17.8 Å². The first-order valence-electron chi connectivity index (χ1n) is 21.2. The maximum atomic E-state index is 12.3. The fourth-order valence-corrected chi connectivity index (χ4v) is 8.48. The predicted octanol–water partition coefficient (Wildman–Crippen LogP) is 5.70. The number of benzene rings is 2. The normalized spacial score (nSPS) is 26.1. The molecule has 0 spiro atoms. The fourth-order valence-electron chi connectivity index (χ4n) is 8.48. The van der Waals surface area contributed by atoms with Crippen molar-refractivity contribution in [2.75, 3.05) is 6.61 Å². The number of aryl methyl sites for hydroxylation is 1. The highest BCUT2D eigenvalue weighted by Crippen LogP contribution is 2.31. The number of unbranched alkanes of at least 4 members (excludes halogenated alkanes) is 1. The number of phenolic OH excluding ortho intramolecular Hbond substituents is 1. The van der Waals surface area contributed by atoms with E-state index in [0.717, 1.165) is 66.4 Å². The number of hydrogen-bond donors (Lipinski definition) is 9. The van der Waals surface area contributed by atoms with Crippen LogP contribution in [-0.4, -0.2) is 96.4 Å². The van der Waals surface area contributed by atoms with Gasteiger partial charge in [0.15, 0.2) is 0 Å². The van der Waals surface area contributed by atoms with Gasteiger partial charge in [-0.2, -0.15) is 0 Å². The molecule has 1 fully saturated rings. The highest BCUT2D eigenvalue weighted by Gasteiger charge is 2.35. The van der Waals surface area contributed by atoms with Gasteiger partial charge in [0.1, 0.15) is 5.75 Å². The third-order valence-corrected chi connectivity index (χ3v) is 11.8. The molecule has 0 unspecified atom stereocenters. The largest absolute Gasteiger partial charge is 0.508 e. The van der Waals surface area contributed by atoms with E-state index >= 15 is 0 Å². The van der Waals surface area contributed by atoms with Gasteiger partial charge >= 0.3 is 5.97 Å². The number of phenols is 1. The molecule has 0 aliphatic carbocycles. The van der Waals surface area contributed by atoms with Crippen molar-refractivity contribution in [2.24, 2.45) is 5.92 Å². The van der Waals surface area contributed by atoms with E-state index in [1.165, 1.54) is 0 Å². The number of aliphatic hydroxyl groups is 5. The molecular formula is C47H68N2O8. The zero-order valence-electron chi connectivity index (χ0n) is 34.2. The Balaban J connectivity index is 1.83. The first-order chi connectivity index (χ1) is 27.3. The van der Waals surface area contributed by atoms with Crippen molar-refractivity contribution in [3.63, 3.8) is 0 Å². The van der Waals surface area contributed by atoms with Gasteiger partial charge in [-0.25, -0.2) is 0 Å². The minimum Gasteiger partial charge on any atom is -0.508 e. The van der Waals surface area contributed by atoms with Gasteiger partial charge in [0, 0.05) is 49.0 Å². The van der Waals surface area contributed by atoms with E-state index in [2.05, 4.69) is 29.4 Å². The summed E-state index contributed by atoms with van der Waals surface area (Å²) >= 11 is 0. The number of aliphatic carboxylic acids is 1. The Morgan fingerprint density at radius 3 is 2.49 bits per heavy atom. The highest BCUT2D eigenvalue weighted by molar-refractivity contribution is 5.67. The van der Waals surface area contributed by atoms with E-state index < -0.39 is 48.6 Å². The number of rotatable bonds is 18. The molecule has 9 N–H and O–H groups in total. The van der Waals surface area contributed by atoms with Crippen LogP contribution in [0.3, 0.4) is 0 Å². The van der Waals surface area contributed by atoms with Crippen LogP contribution in [0.2, 0.25) is 0 Å². The van der Waals surface area contributed by atoms with Gasteiger partial charge in [-0.1, -0.05) is 86.9 Å². The number of carbonyl (C=O) groups is 1. The molecule has 314 valence electrons. The molecule has 2 aliphatic heterocycles. The average molecular weight is 789 g/mol. The summed E-state index contributed by atoms with van der Waals surface area (Å²) in [6.45, 7) is 5.51. The van der Waals surface area contributed by atoms with Crippen molar-refractivity contribution < 1.29 is 40.5 Å². The summed E-state index contributed by atoms with van der Waals surface area (Å²) < 4.78 is 0. The first-order valence-corrected chi connectivity index (χ1v) is 21.2. The van der Waals surface area contributed by atoms with E-state index in [-0.39, 0.29) is 43.0 Å². The molecule has 57 heavy (non-hydrogen) atoms. The SMILES string of the molecule is CCCC[C@H](O)[C@H](O)/C=C/C1=C(\C[C@H](O)CO)[C@H](CCC[C@H]2N[C@@H](C)CCC[C@H]2CC(=O)O)N[C@@H]([C@@](C)(O)Cc2ccc(O)cc2)CC#Cc2ccccc2CC1. The maximum absolute atomic E-state index is 12.3. The third kappa shape index (κ3) is 15.0. The number of carboxylic acids is 1. The second kappa shape index (κ2) is 23.2. The molecule has 0 saturated carbocycles. The zero-order valence-corrected chi connectivity index (χ0v) is 34.2. The van der Waals surface area contributed by atoms with Crippen molar-refractivity contribution in [3.8, 4) is 17.6 Å². The molecule has 2 heterocycles. The summed E-state index contributed by atoms with van der Waals surface area (Å²) in [7, 11) is 0. The molecule has 9 atom stereocenters. The summed E-state index contributed by atoms with van der Waals surface area (Å²) in [5.41, 5.74) is 3.12. The lowest BCUT2D eigenvalue weighted by Gasteiger charge is -2.38. The lowest BCUT2D eigenvalue weighted by atomic mass is 9.82. The second-order valence-electron chi connectivity index (χ2n) is 16.7. The molecule has 0 amide bonds. The molecule has 0 bridgehead atoms. The predicted molar refractivity (Wildman–Crippen MR) is 225 cm³/mol. The summed E-state index contributed by atoms with van der Waals surface area (Å²) in [4.78, 5) is 11.9. The summed E-state index contributed by atoms with van der Waals surface area (Å²) in [5, 5.41) is 82.7. The van der Waals surface area contributed by atoms with E-state index in [1.807, 2.05) is 37.3 Å². The Morgan fingerprint density at radius 1 is 1.02 bits per heavy atom. The van der Waals surface area contributed by atoms with Gasteiger partial charge in [-0.3, -0.25) is 4.79 Å². The molecule has 1 saturated heterocycles. The molecule has 4 rings (SSSR count). The van der Waals surface area contributed by atoms with Gasteiger partial charge in [-0.05, 0) is 112 Å².